The van der Waals surface area contributed by atoms with Crippen molar-refractivity contribution in [1.82, 2.24) is 9.80 Å². The van der Waals surface area contributed by atoms with Crippen molar-refractivity contribution in [3.8, 4) is 11.8 Å². The first-order valence-corrected chi connectivity index (χ1v) is 6.82. The molecule has 0 bridgehead atoms. The van der Waals surface area contributed by atoms with Crippen molar-refractivity contribution >= 4 is 0 Å². The van der Waals surface area contributed by atoms with Gasteiger partial charge in [0, 0.05) is 32.7 Å². The standard InChI is InChI=1S/C15H21N3O/c1-17-8-10-18(11-9-17)7-2-12-19-15-5-3-14(13-16)4-6-15/h3-6H,2,7-12H2,1H3. The molecule has 19 heavy (non-hydrogen) atoms. The fraction of sp³-hybridized carbons (Fsp3) is 0.533. The first-order valence-electron chi connectivity index (χ1n) is 6.82. The van der Waals surface area contributed by atoms with Gasteiger partial charge in [-0.05, 0) is 37.7 Å². The first-order chi connectivity index (χ1) is 9.28. The Kier molecular flexibility index (Phi) is 5.20. The van der Waals surface area contributed by atoms with E-state index in [4.69, 9.17) is 10.00 Å². The number of piperazine rings is 1. The van der Waals surface area contributed by atoms with E-state index in [2.05, 4.69) is 22.9 Å². The number of hydrogen-bond acceptors (Lipinski definition) is 4. The molecule has 0 spiro atoms. The molecule has 0 atom stereocenters. The Labute approximate surface area is 115 Å². The van der Waals surface area contributed by atoms with Crippen LogP contribution in [0.3, 0.4) is 0 Å². The van der Waals surface area contributed by atoms with Crippen molar-refractivity contribution in [3.63, 3.8) is 0 Å². The molecule has 1 aromatic carbocycles. The Morgan fingerprint density at radius 2 is 1.84 bits per heavy atom. The second-order valence-corrected chi connectivity index (χ2v) is 4.98. The third-order valence-electron chi connectivity index (χ3n) is 3.47. The second kappa shape index (κ2) is 7.13. The molecule has 0 aromatic heterocycles. The highest BCUT2D eigenvalue weighted by Gasteiger charge is 2.12. The largest absolute Gasteiger partial charge is 0.494 e. The van der Waals surface area contributed by atoms with Gasteiger partial charge in [-0.15, -0.1) is 0 Å². The molecule has 1 aromatic rings. The van der Waals surface area contributed by atoms with Gasteiger partial charge < -0.3 is 14.5 Å². The highest BCUT2D eigenvalue weighted by atomic mass is 16.5. The summed E-state index contributed by atoms with van der Waals surface area (Å²) in [7, 11) is 2.17. The van der Waals surface area contributed by atoms with Crippen molar-refractivity contribution in [2.24, 2.45) is 0 Å². The summed E-state index contributed by atoms with van der Waals surface area (Å²) in [5.74, 6) is 0.845. The molecular weight excluding hydrogens is 238 g/mol. The van der Waals surface area contributed by atoms with Crippen molar-refractivity contribution in [2.75, 3.05) is 46.4 Å². The maximum absolute atomic E-state index is 8.71. The number of benzene rings is 1. The third-order valence-corrected chi connectivity index (χ3v) is 3.47. The number of hydrogen-bond donors (Lipinski definition) is 0. The van der Waals surface area contributed by atoms with Crippen LogP contribution in [0.4, 0.5) is 0 Å². The highest BCUT2D eigenvalue weighted by Crippen LogP contribution is 2.11. The average Bonchev–Trinajstić information content (AvgIpc) is 2.46. The van der Waals surface area contributed by atoms with E-state index >= 15 is 0 Å². The van der Waals surface area contributed by atoms with Gasteiger partial charge >= 0.3 is 0 Å². The molecule has 102 valence electrons. The van der Waals surface area contributed by atoms with Gasteiger partial charge in [0.05, 0.1) is 18.2 Å². The molecule has 1 saturated heterocycles. The summed E-state index contributed by atoms with van der Waals surface area (Å²) in [6.07, 6.45) is 1.05. The smallest absolute Gasteiger partial charge is 0.119 e. The fourth-order valence-electron chi connectivity index (χ4n) is 2.18. The van der Waals surface area contributed by atoms with Crippen LogP contribution in [0.2, 0.25) is 0 Å². The average molecular weight is 259 g/mol. The van der Waals surface area contributed by atoms with Crippen LogP contribution in [0.1, 0.15) is 12.0 Å². The zero-order valence-corrected chi connectivity index (χ0v) is 11.5. The van der Waals surface area contributed by atoms with Gasteiger partial charge in [-0.2, -0.15) is 5.26 Å². The van der Waals surface area contributed by atoms with Crippen LogP contribution >= 0.6 is 0 Å². The van der Waals surface area contributed by atoms with Gasteiger partial charge in [0.15, 0.2) is 0 Å². The Balaban J connectivity index is 1.62. The number of likely N-dealkylation sites (N-methyl/N-ethyl adjacent to an activating group) is 1. The minimum absolute atomic E-state index is 0.671. The SMILES string of the molecule is CN1CCN(CCCOc2ccc(C#N)cc2)CC1. The van der Waals surface area contributed by atoms with Crippen molar-refractivity contribution in [3.05, 3.63) is 29.8 Å². The van der Waals surface area contributed by atoms with E-state index in [-0.39, 0.29) is 0 Å². The minimum Gasteiger partial charge on any atom is -0.494 e. The van der Waals surface area contributed by atoms with Crippen LogP contribution < -0.4 is 4.74 Å². The summed E-state index contributed by atoms with van der Waals surface area (Å²) in [6.45, 7) is 6.48. The van der Waals surface area contributed by atoms with Crippen LogP contribution in [0.5, 0.6) is 5.75 Å². The monoisotopic (exact) mass is 259 g/mol. The summed E-state index contributed by atoms with van der Waals surface area (Å²) < 4.78 is 5.67. The molecule has 0 aliphatic carbocycles. The zero-order chi connectivity index (χ0) is 13.5. The topological polar surface area (TPSA) is 39.5 Å². The summed E-state index contributed by atoms with van der Waals surface area (Å²) in [5, 5.41) is 8.71. The van der Waals surface area contributed by atoms with Gasteiger partial charge in [0.2, 0.25) is 0 Å². The van der Waals surface area contributed by atoms with Crippen LogP contribution in [0.15, 0.2) is 24.3 Å². The van der Waals surface area contributed by atoms with Crippen LogP contribution in [0.25, 0.3) is 0 Å². The van der Waals surface area contributed by atoms with E-state index in [1.54, 1.807) is 12.1 Å². The Bertz CT molecular complexity index is 416. The van der Waals surface area contributed by atoms with Crippen LogP contribution in [0, 0.1) is 11.3 Å². The molecule has 2 rings (SSSR count). The van der Waals surface area contributed by atoms with Gasteiger partial charge in [0.25, 0.3) is 0 Å². The molecule has 1 fully saturated rings. The summed E-state index contributed by atoms with van der Waals surface area (Å²) >= 11 is 0. The second-order valence-electron chi connectivity index (χ2n) is 4.98. The molecule has 0 amide bonds. The van der Waals surface area contributed by atoms with Crippen LogP contribution in [-0.4, -0.2) is 56.2 Å². The number of nitriles is 1. The predicted molar refractivity (Wildman–Crippen MR) is 75.2 cm³/mol. The third kappa shape index (κ3) is 4.55. The molecule has 0 saturated carbocycles. The van der Waals surface area contributed by atoms with E-state index in [9.17, 15) is 0 Å². The lowest BCUT2D eigenvalue weighted by atomic mass is 10.2. The summed E-state index contributed by atoms with van der Waals surface area (Å²) in [5.41, 5.74) is 0.671. The summed E-state index contributed by atoms with van der Waals surface area (Å²) in [6, 6.07) is 9.39. The van der Waals surface area contributed by atoms with E-state index in [1.165, 1.54) is 0 Å². The lowest BCUT2D eigenvalue weighted by Gasteiger charge is -2.32. The fourth-order valence-corrected chi connectivity index (χ4v) is 2.18. The van der Waals surface area contributed by atoms with Crippen molar-refractivity contribution < 1.29 is 4.74 Å². The normalized spacial score (nSPS) is 17.1. The minimum atomic E-state index is 0.671. The molecule has 1 heterocycles. The van der Waals surface area contributed by atoms with Gasteiger partial charge in [0.1, 0.15) is 5.75 Å². The van der Waals surface area contributed by atoms with Crippen molar-refractivity contribution in [2.45, 2.75) is 6.42 Å². The lowest BCUT2D eigenvalue weighted by Crippen LogP contribution is -2.44. The van der Waals surface area contributed by atoms with E-state index in [0.717, 1.165) is 51.5 Å². The van der Waals surface area contributed by atoms with E-state index in [1.807, 2.05) is 12.1 Å². The molecule has 4 heteroatoms. The van der Waals surface area contributed by atoms with Gasteiger partial charge in [-0.25, -0.2) is 0 Å². The predicted octanol–water partition coefficient (Wildman–Crippen LogP) is 1.57. The van der Waals surface area contributed by atoms with Crippen molar-refractivity contribution in [1.29, 1.82) is 5.26 Å². The first kappa shape index (κ1) is 13.9. The number of ether oxygens (including phenoxy) is 1. The number of rotatable bonds is 5. The zero-order valence-electron chi connectivity index (χ0n) is 11.5. The molecule has 4 nitrogen and oxygen atoms in total. The quantitative estimate of drug-likeness (QED) is 0.753. The van der Waals surface area contributed by atoms with Gasteiger partial charge in [-0.1, -0.05) is 0 Å². The lowest BCUT2D eigenvalue weighted by molar-refractivity contribution is 0.145. The number of nitrogens with zero attached hydrogens (tertiary/aromatic N) is 3. The van der Waals surface area contributed by atoms with Gasteiger partial charge in [-0.3, -0.25) is 0 Å². The Hall–Kier alpha value is -1.57. The molecular formula is C15H21N3O. The van der Waals surface area contributed by atoms with E-state index in [0.29, 0.717) is 5.56 Å². The molecule has 0 N–H and O–H groups in total. The molecule has 1 aliphatic rings. The highest BCUT2D eigenvalue weighted by molar-refractivity contribution is 5.34. The maximum Gasteiger partial charge on any atom is 0.119 e. The molecule has 1 aliphatic heterocycles. The maximum atomic E-state index is 8.71. The van der Waals surface area contributed by atoms with Crippen LogP contribution in [-0.2, 0) is 0 Å². The Morgan fingerprint density at radius 3 is 2.47 bits per heavy atom. The Morgan fingerprint density at radius 1 is 1.16 bits per heavy atom. The molecule has 0 unspecified atom stereocenters. The summed E-state index contributed by atoms with van der Waals surface area (Å²) in [4.78, 5) is 4.85. The molecule has 0 radical (unpaired) electrons. The van der Waals surface area contributed by atoms with E-state index < -0.39 is 0 Å².